The van der Waals surface area contributed by atoms with Gasteiger partial charge in [-0.05, 0) is 29.8 Å². The molecular formula is C19H19ClN4OS. The molecule has 1 aliphatic rings. The number of aromatic nitrogens is 3. The number of thioether (sulfide) groups is 1. The largest absolute Gasteiger partial charge is 0.346 e. The van der Waals surface area contributed by atoms with Gasteiger partial charge in [-0.1, -0.05) is 23.7 Å². The highest BCUT2D eigenvalue weighted by Gasteiger charge is 2.24. The number of nitrogens with one attached hydrogen (secondary N) is 1. The zero-order chi connectivity index (χ0) is 18.1. The lowest BCUT2D eigenvalue weighted by Gasteiger charge is -2.19. The number of carbonyl (C=O) groups excluding carboxylic acids is 1. The summed E-state index contributed by atoms with van der Waals surface area (Å²) in [6.45, 7) is 0. The van der Waals surface area contributed by atoms with Crippen molar-refractivity contribution in [3.05, 3.63) is 70.6 Å². The van der Waals surface area contributed by atoms with Crippen LogP contribution in [0.5, 0.6) is 0 Å². The fourth-order valence-corrected chi connectivity index (χ4v) is 4.45. The standard InChI is InChI=1S/C19H19ClN4OS/c1-23-19(15-11-26-12-16(15)22-23)21-18(25)10-17(24-8-2-3-9-24)13-4-6-14(20)7-5-13/h2-9,17H,10-12H2,1H3,(H,21,25). The fourth-order valence-electron chi connectivity index (χ4n) is 3.29. The number of nitrogens with zero attached hydrogens (tertiary/aromatic N) is 3. The van der Waals surface area contributed by atoms with Gasteiger partial charge in [0.1, 0.15) is 5.82 Å². The van der Waals surface area contributed by atoms with E-state index in [2.05, 4.69) is 10.4 Å². The molecular weight excluding hydrogens is 368 g/mol. The number of hydrogen-bond donors (Lipinski definition) is 1. The molecule has 134 valence electrons. The first-order valence-corrected chi connectivity index (χ1v) is 9.95. The molecule has 1 N–H and O–H groups in total. The number of halogens is 1. The van der Waals surface area contributed by atoms with E-state index in [0.717, 1.165) is 34.1 Å². The van der Waals surface area contributed by atoms with Crippen molar-refractivity contribution in [1.29, 1.82) is 0 Å². The molecule has 0 spiro atoms. The molecule has 1 unspecified atom stereocenters. The van der Waals surface area contributed by atoms with Crippen LogP contribution in [0.2, 0.25) is 5.02 Å². The summed E-state index contributed by atoms with van der Waals surface area (Å²) in [7, 11) is 1.88. The average molecular weight is 387 g/mol. The Balaban J connectivity index is 1.56. The number of aryl methyl sites for hydroxylation is 1. The van der Waals surface area contributed by atoms with Crippen molar-refractivity contribution in [2.45, 2.75) is 24.0 Å². The summed E-state index contributed by atoms with van der Waals surface area (Å²) in [5.41, 5.74) is 3.27. The molecule has 0 saturated heterocycles. The van der Waals surface area contributed by atoms with Crippen molar-refractivity contribution < 1.29 is 4.79 Å². The van der Waals surface area contributed by atoms with E-state index >= 15 is 0 Å². The predicted molar refractivity (Wildman–Crippen MR) is 105 cm³/mol. The highest BCUT2D eigenvalue weighted by molar-refractivity contribution is 7.98. The Kier molecular flexibility index (Phi) is 4.78. The van der Waals surface area contributed by atoms with Crippen molar-refractivity contribution in [2.24, 2.45) is 7.05 Å². The van der Waals surface area contributed by atoms with Gasteiger partial charge in [0, 0.05) is 41.5 Å². The van der Waals surface area contributed by atoms with Crippen molar-refractivity contribution in [3.8, 4) is 0 Å². The number of anilines is 1. The first-order valence-electron chi connectivity index (χ1n) is 8.42. The second kappa shape index (κ2) is 7.21. The fraction of sp³-hybridized carbons (Fsp3) is 0.263. The first kappa shape index (κ1) is 17.2. The molecule has 4 rings (SSSR count). The average Bonchev–Trinajstić information content (AvgIpc) is 3.34. The van der Waals surface area contributed by atoms with Gasteiger partial charge in [0.15, 0.2) is 0 Å². The number of carbonyl (C=O) groups is 1. The number of hydrogen-bond acceptors (Lipinski definition) is 3. The van der Waals surface area contributed by atoms with Crippen molar-refractivity contribution in [3.63, 3.8) is 0 Å². The molecule has 2 aromatic heterocycles. The number of benzene rings is 1. The summed E-state index contributed by atoms with van der Waals surface area (Å²) in [5.74, 6) is 2.60. The number of amides is 1. The van der Waals surface area contributed by atoms with Crippen LogP contribution in [0.3, 0.4) is 0 Å². The highest BCUT2D eigenvalue weighted by atomic mass is 35.5. The Morgan fingerprint density at radius 3 is 2.73 bits per heavy atom. The van der Waals surface area contributed by atoms with Gasteiger partial charge in [-0.15, -0.1) is 0 Å². The van der Waals surface area contributed by atoms with E-state index in [-0.39, 0.29) is 11.9 Å². The topological polar surface area (TPSA) is 51.9 Å². The maximum absolute atomic E-state index is 12.8. The van der Waals surface area contributed by atoms with Crippen molar-refractivity contribution in [1.82, 2.24) is 14.3 Å². The Bertz CT molecular complexity index is 918. The zero-order valence-electron chi connectivity index (χ0n) is 14.4. The van der Waals surface area contributed by atoms with E-state index in [1.54, 1.807) is 4.68 Å². The Morgan fingerprint density at radius 2 is 2.00 bits per heavy atom. The maximum atomic E-state index is 12.8. The molecule has 1 aliphatic heterocycles. The summed E-state index contributed by atoms with van der Waals surface area (Å²) in [4.78, 5) is 12.8. The van der Waals surface area contributed by atoms with Crippen LogP contribution in [0.4, 0.5) is 5.82 Å². The van der Waals surface area contributed by atoms with Crippen LogP contribution in [0.25, 0.3) is 0 Å². The van der Waals surface area contributed by atoms with Gasteiger partial charge in [0.25, 0.3) is 0 Å². The maximum Gasteiger partial charge on any atom is 0.227 e. The lowest BCUT2D eigenvalue weighted by Crippen LogP contribution is -2.21. The monoisotopic (exact) mass is 386 g/mol. The van der Waals surface area contributed by atoms with Crippen LogP contribution in [0.1, 0.15) is 29.3 Å². The van der Waals surface area contributed by atoms with Crippen LogP contribution >= 0.6 is 23.4 Å². The molecule has 0 saturated carbocycles. The van der Waals surface area contributed by atoms with Gasteiger partial charge in [0.2, 0.25) is 5.91 Å². The van der Waals surface area contributed by atoms with E-state index in [1.165, 1.54) is 0 Å². The minimum Gasteiger partial charge on any atom is -0.346 e. The van der Waals surface area contributed by atoms with Gasteiger partial charge in [-0.3, -0.25) is 9.48 Å². The number of fused-ring (bicyclic) bond motifs is 1. The normalized spacial score (nSPS) is 14.2. The van der Waals surface area contributed by atoms with Crippen molar-refractivity contribution in [2.75, 3.05) is 5.32 Å². The smallest absolute Gasteiger partial charge is 0.227 e. The summed E-state index contributed by atoms with van der Waals surface area (Å²) < 4.78 is 3.82. The number of rotatable bonds is 5. The van der Waals surface area contributed by atoms with Gasteiger partial charge in [-0.25, -0.2) is 0 Å². The van der Waals surface area contributed by atoms with Gasteiger partial charge in [-0.2, -0.15) is 16.9 Å². The van der Waals surface area contributed by atoms with Crippen LogP contribution in [-0.2, 0) is 23.3 Å². The zero-order valence-corrected chi connectivity index (χ0v) is 15.9. The SMILES string of the molecule is Cn1nc2c(c1NC(=O)CC(c1ccc(Cl)cc1)n1cccc1)CSC2. The lowest BCUT2D eigenvalue weighted by atomic mass is 10.0. The molecule has 0 aliphatic carbocycles. The molecule has 0 fully saturated rings. The van der Waals surface area contributed by atoms with Crippen LogP contribution in [0, 0.1) is 0 Å². The van der Waals surface area contributed by atoms with Crippen LogP contribution in [0.15, 0.2) is 48.8 Å². The third-order valence-corrected chi connectivity index (χ3v) is 5.81. The highest BCUT2D eigenvalue weighted by Crippen LogP contribution is 2.34. The molecule has 0 radical (unpaired) electrons. The third-order valence-electron chi connectivity index (χ3n) is 4.59. The molecule has 1 atom stereocenters. The van der Waals surface area contributed by atoms with E-state index in [1.807, 2.05) is 72.2 Å². The van der Waals surface area contributed by atoms with E-state index in [9.17, 15) is 4.79 Å². The predicted octanol–water partition coefficient (Wildman–Crippen LogP) is 4.24. The molecule has 3 heterocycles. The second-order valence-electron chi connectivity index (χ2n) is 6.34. The molecule has 3 aromatic rings. The molecule has 1 amide bonds. The van der Waals surface area contributed by atoms with E-state index in [4.69, 9.17) is 11.6 Å². The molecule has 26 heavy (non-hydrogen) atoms. The quantitative estimate of drug-likeness (QED) is 0.713. The van der Waals surface area contributed by atoms with Crippen LogP contribution in [-0.4, -0.2) is 20.3 Å². The van der Waals surface area contributed by atoms with Gasteiger partial charge >= 0.3 is 0 Å². The molecule has 0 bridgehead atoms. The summed E-state index contributed by atoms with van der Waals surface area (Å²) >= 11 is 7.84. The Labute approximate surface area is 161 Å². The van der Waals surface area contributed by atoms with Gasteiger partial charge < -0.3 is 9.88 Å². The summed E-state index contributed by atoms with van der Waals surface area (Å²) in [6.07, 6.45) is 4.29. The summed E-state index contributed by atoms with van der Waals surface area (Å²) in [5, 5.41) is 8.26. The molecule has 5 nitrogen and oxygen atoms in total. The Morgan fingerprint density at radius 1 is 1.27 bits per heavy atom. The first-order chi connectivity index (χ1) is 12.6. The van der Waals surface area contributed by atoms with E-state index in [0.29, 0.717) is 11.4 Å². The van der Waals surface area contributed by atoms with Crippen molar-refractivity contribution >= 4 is 35.1 Å². The summed E-state index contributed by atoms with van der Waals surface area (Å²) in [6, 6.07) is 11.5. The molecule has 1 aromatic carbocycles. The third kappa shape index (κ3) is 3.39. The van der Waals surface area contributed by atoms with Gasteiger partial charge in [0.05, 0.1) is 18.2 Å². The minimum atomic E-state index is -0.0853. The second-order valence-corrected chi connectivity index (χ2v) is 7.76. The lowest BCUT2D eigenvalue weighted by molar-refractivity contribution is -0.116. The van der Waals surface area contributed by atoms with E-state index < -0.39 is 0 Å². The Hall–Kier alpha value is -2.18. The van der Waals surface area contributed by atoms with Crippen LogP contribution < -0.4 is 5.32 Å². The molecule has 7 heteroatoms. The minimum absolute atomic E-state index is 0.0265.